The monoisotopic (exact) mass is 252 g/mol. The number of nitrogens with zero attached hydrogens (tertiary/aromatic N) is 2. The maximum atomic E-state index is 5.34. The van der Waals surface area contributed by atoms with Crippen LogP contribution in [0.15, 0.2) is 18.5 Å². The van der Waals surface area contributed by atoms with Gasteiger partial charge in [0.15, 0.2) is 0 Å². The summed E-state index contributed by atoms with van der Waals surface area (Å²) in [6, 6.07) is 1.79. The molecule has 18 heavy (non-hydrogen) atoms. The van der Waals surface area contributed by atoms with Crippen LogP contribution in [-0.2, 0) is 6.42 Å². The predicted molar refractivity (Wildman–Crippen MR) is 77.2 cm³/mol. The van der Waals surface area contributed by atoms with Crippen molar-refractivity contribution < 1.29 is 0 Å². The third-order valence-corrected chi connectivity index (χ3v) is 2.54. The Kier molecular flexibility index (Phi) is 13.3. The van der Waals surface area contributed by atoms with E-state index in [-0.39, 0.29) is 0 Å². The zero-order chi connectivity index (χ0) is 13.5. The predicted octanol–water partition coefficient (Wildman–Crippen LogP) is 2.28. The second-order valence-electron chi connectivity index (χ2n) is 4.26. The average Bonchev–Trinajstić information content (AvgIpc) is 2.41. The van der Waals surface area contributed by atoms with Gasteiger partial charge < -0.3 is 11.5 Å². The molecule has 0 saturated carbocycles. The van der Waals surface area contributed by atoms with Crippen LogP contribution in [0.2, 0.25) is 0 Å². The van der Waals surface area contributed by atoms with Crippen LogP contribution in [-0.4, -0.2) is 23.1 Å². The zero-order valence-electron chi connectivity index (χ0n) is 11.6. The first-order valence-corrected chi connectivity index (χ1v) is 7.01. The standard InChI is InChI=1S/C8H19N.C6H9N3/c1-2-3-4-5-6-7-8-9;7-3-2-6-8-4-1-5-9-6/h2-9H2,1H3;1,4-5H,2-3,7H2. The molecule has 4 heteroatoms. The minimum Gasteiger partial charge on any atom is -0.330 e. The molecular weight excluding hydrogens is 224 g/mol. The Labute approximate surface area is 111 Å². The topological polar surface area (TPSA) is 77.8 Å². The Bertz CT molecular complexity index is 245. The van der Waals surface area contributed by atoms with Crippen molar-refractivity contribution in [1.29, 1.82) is 0 Å². The van der Waals surface area contributed by atoms with Crippen LogP contribution in [0, 0.1) is 0 Å². The molecule has 4 N–H and O–H groups in total. The van der Waals surface area contributed by atoms with E-state index in [2.05, 4.69) is 16.9 Å². The minimum atomic E-state index is 0.615. The lowest BCUT2D eigenvalue weighted by Gasteiger charge is -1.96. The molecule has 0 fully saturated rings. The third kappa shape index (κ3) is 11.5. The number of hydrogen-bond donors (Lipinski definition) is 2. The molecule has 1 aromatic rings. The molecule has 4 nitrogen and oxygen atoms in total. The molecule has 0 aliphatic rings. The molecule has 0 radical (unpaired) electrons. The highest BCUT2D eigenvalue weighted by atomic mass is 14.9. The van der Waals surface area contributed by atoms with E-state index in [0.29, 0.717) is 6.54 Å². The van der Waals surface area contributed by atoms with Crippen molar-refractivity contribution in [2.45, 2.75) is 51.9 Å². The molecular formula is C14H28N4. The van der Waals surface area contributed by atoms with E-state index in [4.69, 9.17) is 11.5 Å². The van der Waals surface area contributed by atoms with E-state index < -0.39 is 0 Å². The van der Waals surface area contributed by atoms with E-state index in [1.807, 2.05) is 0 Å². The molecule has 0 aliphatic carbocycles. The van der Waals surface area contributed by atoms with Crippen molar-refractivity contribution in [3.8, 4) is 0 Å². The van der Waals surface area contributed by atoms with Crippen LogP contribution < -0.4 is 11.5 Å². The second-order valence-corrected chi connectivity index (χ2v) is 4.26. The summed E-state index contributed by atoms with van der Waals surface area (Å²) >= 11 is 0. The van der Waals surface area contributed by atoms with Crippen molar-refractivity contribution >= 4 is 0 Å². The fourth-order valence-corrected chi connectivity index (χ4v) is 1.51. The van der Waals surface area contributed by atoms with Gasteiger partial charge in [-0.25, -0.2) is 9.97 Å². The van der Waals surface area contributed by atoms with Gasteiger partial charge in [0, 0.05) is 18.8 Å². The minimum absolute atomic E-state index is 0.615. The van der Waals surface area contributed by atoms with Gasteiger partial charge in [-0.3, -0.25) is 0 Å². The first-order chi connectivity index (χ1) is 8.85. The summed E-state index contributed by atoms with van der Waals surface area (Å²) in [5.41, 5.74) is 10.6. The highest BCUT2D eigenvalue weighted by Crippen LogP contribution is 2.03. The lowest BCUT2D eigenvalue weighted by molar-refractivity contribution is 0.612. The maximum absolute atomic E-state index is 5.34. The fourth-order valence-electron chi connectivity index (χ4n) is 1.51. The summed E-state index contributed by atoms with van der Waals surface area (Å²) in [7, 11) is 0. The van der Waals surface area contributed by atoms with Gasteiger partial charge in [0.2, 0.25) is 0 Å². The molecule has 0 bridgehead atoms. The number of nitrogens with two attached hydrogens (primary N) is 2. The summed E-state index contributed by atoms with van der Waals surface area (Å²) in [6.07, 6.45) is 12.3. The van der Waals surface area contributed by atoms with Crippen molar-refractivity contribution in [3.63, 3.8) is 0 Å². The highest BCUT2D eigenvalue weighted by molar-refractivity contribution is 4.88. The average molecular weight is 252 g/mol. The van der Waals surface area contributed by atoms with Gasteiger partial charge in [0.05, 0.1) is 0 Å². The molecule has 1 heterocycles. The van der Waals surface area contributed by atoms with Gasteiger partial charge in [0.25, 0.3) is 0 Å². The Balaban J connectivity index is 0.000000321. The van der Waals surface area contributed by atoms with Crippen molar-refractivity contribution in [3.05, 3.63) is 24.3 Å². The van der Waals surface area contributed by atoms with Crippen LogP contribution in [0.25, 0.3) is 0 Å². The van der Waals surface area contributed by atoms with E-state index >= 15 is 0 Å². The van der Waals surface area contributed by atoms with Crippen molar-refractivity contribution in [2.24, 2.45) is 11.5 Å². The largest absolute Gasteiger partial charge is 0.330 e. The second kappa shape index (κ2) is 14.1. The van der Waals surface area contributed by atoms with Crippen LogP contribution in [0.4, 0.5) is 0 Å². The van der Waals surface area contributed by atoms with E-state index in [0.717, 1.165) is 18.8 Å². The molecule has 0 aliphatic heterocycles. The Morgan fingerprint density at radius 3 is 2.06 bits per heavy atom. The number of rotatable bonds is 8. The Morgan fingerprint density at radius 2 is 1.50 bits per heavy atom. The normalized spacial score (nSPS) is 9.72. The van der Waals surface area contributed by atoms with E-state index in [9.17, 15) is 0 Å². The number of aromatic nitrogens is 2. The smallest absolute Gasteiger partial charge is 0.129 e. The molecule has 0 atom stereocenters. The van der Waals surface area contributed by atoms with Gasteiger partial charge >= 0.3 is 0 Å². The molecule has 0 aromatic carbocycles. The molecule has 104 valence electrons. The number of hydrogen-bond acceptors (Lipinski definition) is 4. The van der Waals surface area contributed by atoms with Crippen LogP contribution in [0.1, 0.15) is 51.3 Å². The van der Waals surface area contributed by atoms with Crippen LogP contribution >= 0.6 is 0 Å². The molecule has 0 saturated heterocycles. The third-order valence-electron chi connectivity index (χ3n) is 2.54. The molecule has 0 spiro atoms. The molecule has 1 aromatic heterocycles. The van der Waals surface area contributed by atoms with E-state index in [1.165, 1.54) is 38.5 Å². The lowest BCUT2D eigenvalue weighted by atomic mass is 10.1. The first-order valence-electron chi connectivity index (χ1n) is 7.01. The zero-order valence-corrected chi connectivity index (χ0v) is 11.6. The Morgan fingerprint density at radius 1 is 0.889 bits per heavy atom. The van der Waals surface area contributed by atoms with Gasteiger partial charge in [-0.2, -0.15) is 0 Å². The summed E-state index contributed by atoms with van der Waals surface area (Å²) in [5.74, 6) is 0.819. The van der Waals surface area contributed by atoms with Crippen molar-refractivity contribution in [2.75, 3.05) is 13.1 Å². The Hall–Kier alpha value is -1.00. The SMILES string of the molecule is CCCCCCCCN.NCCc1ncccn1. The van der Waals surface area contributed by atoms with Gasteiger partial charge in [-0.05, 0) is 25.6 Å². The lowest BCUT2D eigenvalue weighted by Crippen LogP contribution is -2.05. The summed E-state index contributed by atoms with van der Waals surface area (Å²) < 4.78 is 0. The van der Waals surface area contributed by atoms with Gasteiger partial charge in [0.1, 0.15) is 5.82 Å². The molecule has 1 rings (SSSR count). The number of unbranched alkanes of at least 4 members (excludes halogenated alkanes) is 5. The van der Waals surface area contributed by atoms with Gasteiger partial charge in [-0.15, -0.1) is 0 Å². The molecule has 0 unspecified atom stereocenters. The first kappa shape index (κ1) is 17.0. The highest BCUT2D eigenvalue weighted by Gasteiger charge is 1.88. The molecule has 0 amide bonds. The van der Waals surface area contributed by atoms with Crippen LogP contribution in [0.3, 0.4) is 0 Å². The fraction of sp³-hybridized carbons (Fsp3) is 0.714. The summed E-state index contributed by atoms with van der Waals surface area (Å²) in [5, 5.41) is 0. The summed E-state index contributed by atoms with van der Waals surface area (Å²) in [6.45, 7) is 3.72. The summed E-state index contributed by atoms with van der Waals surface area (Å²) in [4.78, 5) is 7.95. The maximum Gasteiger partial charge on any atom is 0.129 e. The van der Waals surface area contributed by atoms with Gasteiger partial charge in [-0.1, -0.05) is 39.0 Å². The van der Waals surface area contributed by atoms with Crippen LogP contribution in [0.5, 0.6) is 0 Å². The van der Waals surface area contributed by atoms with Crippen molar-refractivity contribution in [1.82, 2.24) is 9.97 Å². The van der Waals surface area contributed by atoms with E-state index in [1.54, 1.807) is 18.5 Å². The quantitative estimate of drug-likeness (QED) is 0.696.